The Morgan fingerprint density at radius 2 is 1.58 bits per heavy atom. The number of benzene rings is 3. The summed E-state index contributed by atoms with van der Waals surface area (Å²) in [5.74, 6) is 0.434. The first-order valence-corrected chi connectivity index (χ1v) is 10.3. The molecule has 0 aliphatic heterocycles. The lowest BCUT2D eigenvalue weighted by Crippen LogP contribution is -2.28. The Hall–Kier alpha value is -3.70. The Morgan fingerprint density at radius 3 is 2.35 bits per heavy atom. The van der Waals surface area contributed by atoms with E-state index >= 15 is 0 Å². The molecule has 0 saturated carbocycles. The highest BCUT2D eigenvalue weighted by molar-refractivity contribution is 6.30. The Bertz CT molecular complexity index is 1520. The summed E-state index contributed by atoms with van der Waals surface area (Å²) < 4.78 is 7.41. The first-order chi connectivity index (χ1) is 15.1. The van der Waals surface area contributed by atoms with E-state index in [1.807, 2.05) is 30.3 Å². The third-order valence-corrected chi connectivity index (χ3v) is 5.52. The third kappa shape index (κ3) is 3.53. The summed E-state index contributed by atoms with van der Waals surface area (Å²) in [5.41, 5.74) is 1.45. The van der Waals surface area contributed by atoms with Crippen LogP contribution in [0.2, 0.25) is 5.02 Å². The normalized spacial score (nSPS) is 11.3. The molecule has 0 saturated heterocycles. The Kier molecular flexibility index (Phi) is 4.88. The average Bonchev–Trinajstić information content (AvgIpc) is 2.79. The molecule has 31 heavy (non-hydrogen) atoms. The number of hydrogen-bond acceptors (Lipinski definition) is 4. The second-order valence-corrected chi connectivity index (χ2v) is 7.68. The van der Waals surface area contributed by atoms with E-state index in [4.69, 9.17) is 16.0 Å². The fraction of sp³-hybridized carbons (Fsp3) is 0.0800. The molecule has 5 rings (SSSR count). The molecule has 152 valence electrons. The second kappa shape index (κ2) is 7.85. The van der Waals surface area contributed by atoms with Crippen LogP contribution >= 0.6 is 11.6 Å². The summed E-state index contributed by atoms with van der Waals surface area (Å²) in [7, 11) is 0. The first kappa shape index (κ1) is 19.3. The van der Waals surface area contributed by atoms with Crippen molar-refractivity contribution in [3.8, 4) is 11.4 Å². The number of hydrogen-bond donors (Lipinski definition) is 0. The van der Waals surface area contributed by atoms with Gasteiger partial charge < -0.3 is 4.42 Å². The minimum Gasteiger partial charge on any atom is -0.437 e. The van der Waals surface area contributed by atoms with E-state index in [2.05, 4.69) is 4.98 Å². The van der Waals surface area contributed by atoms with Crippen molar-refractivity contribution in [3.63, 3.8) is 0 Å². The highest BCUT2D eigenvalue weighted by Crippen LogP contribution is 2.22. The van der Waals surface area contributed by atoms with Crippen LogP contribution in [0.4, 0.5) is 0 Å². The summed E-state index contributed by atoms with van der Waals surface area (Å²) in [4.78, 5) is 31.2. The number of para-hydroxylation sites is 1. The van der Waals surface area contributed by atoms with E-state index in [1.54, 1.807) is 53.1 Å². The van der Waals surface area contributed by atoms with E-state index in [-0.39, 0.29) is 16.5 Å². The molecule has 0 unspecified atom stereocenters. The van der Waals surface area contributed by atoms with Gasteiger partial charge in [0.2, 0.25) is 11.1 Å². The SMILES string of the molecule is O=c1c2ccccc2oc2nc(-c3ccc(Cl)cc3)n(CCc3ccccc3)c(=O)c12. The van der Waals surface area contributed by atoms with Crippen LogP contribution in [0.1, 0.15) is 5.56 Å². The van der Waals surface area contributed by atoms with Crippen molar-refractivity contribution in [2.75, 3.05) is 0 Å². The number of aromatic nitrogens is 2. The Labute approximate surface area is 182 Å². The van der Waals surface area contributed by atoms with Gasteiger partial charge in [-0.25, -0.2) is 0 Å². The zero-order chi connectivity index (χ0) is 21.4. The maximum absolute atomic E-state index is 13.5. The van der Waals surface area contributed by atoms with Gasteiger partial charge in [0.15, 0.2) is 5.39 Å². The Balaban J connectivity index is 1.77. The molecule has 0 aliphatic rings. The van der Waals surface area contributed by atoms with Crippen LogP contribution < -0.4 is 11.0 Å². The van der Waals surface area contributed by atoms with Gasteiger partial charge in [0, 0.05) is 17.1 Å². The van der Waals surface area contributed by atoms with E-state index in [1.165, 1.54) is 0 Å². The largest absolute Gasteiger partial charge is 0.437 e. The summed E-state index contributed by atoms with van der Waals surface area (Å²) >= 11 is 6.04. The van der Waals surface area contributed by atoms with E-state index in [0.29, 0.717) is 40.3 Å². The first-order valence-electron chi connectivity index (χ1n) is 9.88. The summed E-state index contributed by atoms with van der Waals surface area (Å²) in [5, 5.41) is 0.910. The van der Waals surface area contributed by atoms with Crippen molar-refractivity contribution in [3.05, 3.63) is 110 Å². The maximum Gasteiger partial charge on any atom is 0.269 e. The zero-order valence-electron chi connectivity index (χ0n) is 16.4. The number of rotatable bonds is 4. The van der Waals surface area contributed by atoms with E-state index < -0.39 is 5.56 Å². The molecular formula is C25H17ClN2O3. The van der Waals surface area contributed by atoms with Crippen LogP contribution in [-0.4, -0.2) is 9.55 Å². The molecule has 0 bridgehead atoms. The van der Waals surface area contributed by atoms with Crippen molar-refractivity contribution in [2.24, 2.45) is 0 Å². The molecule has 0 radical (unpaired) electrons. The van der Waals surface area contributed by atoms with Gasteiger partial charge in [-0.15, -0.1) is 0 Å². The zero-order valence-corrected chi connectivity index (χ0v) is 17.2. The number of fused-ring (bicyclic) bond motifs is 2. The number of aryl methyl sites for hydroxylation is 1. The van der Waals surface area contributed by atoms with Gasteiger partial charge in [0.1, 0.15) is 11.4 Å². The molecular weight excluding hydrogens is 412 g/mol. The van der Waals surface area contributed by atoms with Crippen molar-refractivity contribution in [1.29, 1.82) is 0 Å². The highest BCUT2D eigenvalue weighted by atomic mass is 35.5. The van der Waals surface area contributed by atoms with Gasteiger partial charge >= 0.3 is 0 Å². The Morgan fingerprint density at radius 1 is 0.871 bits per heavy atom. The minimum atomic E-state index is -0.412. The van der Waals surface area contributed by atoms with Crippen molar-refractivity contribution in [1.82, 2.24) is 9.55 Å². The smallest absolute Gasteiger partial charge is 0.269 e. The fourth-order valence-electron chi connectivity index (χ4n) is 3.70. The van der Waals surface area contributed by atoms with E-state index in [0.717, 1.165) is 5.56 Å². The highest BCUT2D eigenvalue weighted by Gasteiger charge is 2.18. The molecule has 0 fully saturated rings. The summed E-state index contributed by atoms with van der Waals surface area (Å²) in [6.07, 6.45) is 0.618. The van der Waals surface area contributed by atoms with Crippen molar-refractivity contribution < 1.29 is 4.42 Å². The molecule has 2 heterocycles. The monoisotopic (exact) mass is 428 g/mol. The van der Waals surface area contributed by atoms with Crippen LogP contribution in [0.5, 0.6) is 0 Å². The van der Waals surface area contributed by atoms with E-state index in [9.17, 15) is 9.59 Å². The topological polar surface area (TPSA) is 65.1 Å². The molecule has 6 heteroatoms. The third-order valence-electron chi connectivity index (χ3n) is 5.27. The molecule has 0 amide bonds. The predicted molar refractivity (Wildman–Crippen MR) is 123 cm³/mol. The van der Waals surface area contributed by atoms with Gasteiger partial charge in [0.05, 0.1) is 5.39 Å². The molecule has 3 aromatic carbocycles. The van der Waals surface area contributed by atoms with Gasteiger partial charge in [0.25, 0.3) is 5.56 Å². The fourth-order valence-corrected chi connectivity index (χ4v) is 3.82. The van der Waals surface area contributed by atoms with Gasteiger partial charge in [-0.05, 0) is 48.4 Å². The molecule has 0 atom stereocenters. The molecule has 0 spiro atoms. The van der Waals surface area contributed by atoms with Gasteiger partial charge in [-0.1, -0.05) is 54.1 Å². The molecule has 0 N–H and O–H groups in total. The second-order valence-electron chi connectivity index (χ2n) is 7.24. The number of nitrogens with zero attached hydrogens (tertiary/aromatic N) is 2. The van der Waals surface area contributed by atoms with Crippen molar-refractivity contribution in [2.45, 2.75) is 13.0 Å². The standard InChI is InChI=1S/C25H17ClN2O3/c26-18-12-10-17(11-13-18)23-27-24-21(22(29)19-8-4-5-9-20(19)31-24)25(30)28(23)15-14-16-6-2-1-3-7-16/h1-13H,14-15H2. The summed E-state index contributed by atoms with van der Waals surface area (Å²) in [6, 6.07) is 23.8. The van der Waals surface area contributed by atoms with Crippen LogP contribution in [0.15, 0.2) is 92.9 Å². The maximum atomic E-state index is 13.5. The molecule has 2 aromatic heterocycles. The van der Waals surface area contributed by atoms with Crippen LogP contribution in [0, 0.1) is 0 Å². The summed E-state index contributed by atoms with van der Waals surface area (Å²) in [6.45, 7) is 0.371. The average molecular weight is 429 g/mol. The molecule has 0 aliphatic carbocycles. The molecule has 5 nitrogen and oxygen atoms in total. The lowest BCUT2D eigenvalue weighted by atomic mass is 10.1. The predicted octanol–water partition coefficient (Wildman–Crippen LogP) is 5.07. The van der Waals surface area contributed by atoms with Crippen LogP contribution in [0.3, 0.4) is 0 Å². The lowest BCUT2D eigenvalue weighted by molar-refractivity contribution is 0.623. The van der Waals surface area contributed by atoms with Gasteiger partial charge in [-0.3, -0.25) is 14.2 Å². The van der Waals surface area contributed by atoms with Crippen LogP contribution in [-0.2, 0) is 13.0 Å². The van der Waals surface area contributed by atoms with Crippen molar-refractivity contribution >= 4 is 33.7 Å². The molecule has 5 aromatic rings. The number of halogens is 1. The lowest BCUT2D eigenvalue weighted by Gasteiger charge is -2.13. The van der Waals surface area contributed by atoms with Crippen LogP contribution in [0.25, 0.3) is 33.5 Å². The van der Waals surface area contributed by atoms with Gasteiger partial charge in [-0.2, -0.15) is 4.98 Å². The minimum absolute atomic E-state index is 0.0367. The quantitative estimate of drug-likeness (QED) is 0.375.